The summed E-state index contributed by atoms with van der Waals surface area (Å²) in [6, 6.07) is 0. The molecule has 1 aliphatic heterocycles. The highest BCUT2D eigenvalue weighted by Crippen LogP contribution is 2.51. The van der Waals surface area contributed by atoms with E-state index in [1.165, 1.54) is 25.0 Å². The molecule has 0 N–H and O–H groups in total. The van der Waals surface area contributed by atoms with E-state index in [4.69, 9.17) is 0 Å². The second-order valence-electron chi connectivity index (χ2n) is 4.53. The molecule has 2 fully saturated rings. The van der Waals surface area contributed by atoms with Crippen LogP contribution < -0.4 is 0 Å². The third-order valence-corrected chi connectivity index (χ3v) is 4.37. The fourth-order valence-electron chi connectivity index (χ4n) is 2.49. The predicted molar refractivity (Wildman–Crippen MR) is 47.4 cm³/mol. The number of fused-ring (bicyclic) bond motifs is 1. The van der Waals surface area contributed by atoms with Gasteiger partial charge >= 0.3 is 0 Å². The maximum atomic E-state index is 2.42. The largest absolute Gasteiger partial charge is 0.158 e. The van der Waals surface area contributed by atoms with Gasteiger partial charge in [-0.2, -0.15) is 11.8 Å². The molecule has 1 heterocycles. The standard InChI is InChI=1S/C9H16S/c1-9(2)5-7-3-4-10-8(7)6-9/h7-8H,3-6H2,1-2H3. The highest BCUT2D eigenvalue weighted by Gasteiger charge is 2.41. The molecule has 1 heteroatoms. The number of hydrogen-bond donors (Lipinski definition) is 0. The summed E-state index contributed by atoms with van der Waals surface area (Å²) < 4.78 is 0. The van der Waals surface area contributed by atoms with E-state index in [2.05, 4.69) is 25.6 Å². The first-order chi connectivity index (χ1) is 4.67. The lowest BCUT2D eigenvalue weighted by Crippen LogP contribution is -2.05. The fraction of sp³-hybridized carbons (Fsp3) is 1.00. The second-order valence-corrected chi connectivity index (χ2v) is 5.88. The Labute approximate surface area is 67.8 Å². The molecule has 0 nitrogen and oxygen atoms in total. The second kappa shape index (κ2) is 2.17. The van der Waals surface area contributed by atoms with Crippen molar-refractivity contribution in [3.8, 4) is 0 Å². The van der Waals surface area contributed by atoms with Crippen molar-refractivity contribution in [3.63, 3.8) is 0 Å². The normalized spacial score (nSPS) is 43.8. The first-order valence-corrected chi connectivity index (χ1v) is 5.34. The predicted octanol–water partition coefficient (Wildman–Crippen LogP) is 2.93. The smallest absolute Gasteiger partial charge is 0.00808 e. The Balaban J connectivity index is 2.07. The molecule has 2 atom stereocenters. The first kappa shape index (κ1) is 7.02. The van der Waals surface area contributed by atoms with Crippen molar-refractivity contribution in [3.05, 3.63) is 0 Å². The molecular formula is C9H16S. The van der Waals surface area contributed by atoms with Gasteiger partial charge in [0.25, 0.3) is 0 Å². The Morgan fingerprint density at radius 1 is 1.30 bits per heavy atom. The SMILES string of the molecule is CC1(C)CC2CCSC2C1. The van der Waals surface area contributed by atoms with Gasteiger partial charge in [0.1, 0.15) is 0 Å². The van der Waals surface area contributed by atoms with E-state index in [9.17, 15) is 0 Å². The Morgan fingerprint density at radius 3 is 2.80 bits per heavy atom. The summed E-state index contributed by atoms with van der Waals surface area (Å²) in [6.07, 6.45) is 4.46. The van der Waals surface area contributed by atoms with E-state index in [0.29, 0.717) is 5.41 Å². The third-order valence-electron chi connectivity index (χ3n) is 2.91. The minimum absolute atomic E-state index is 0.669. The molecule has 10 heavy (non-hydrogen) atoms. The maximum Gasteiger partial charge on any atom is 0.00808 e. The molecule has 2 unspecified atom stereocenters. The van der Waals surface area contributed by atoms with Crippen molar-refractivity contribution in [1.82, 2.24) is 0 Å². The third kappa shape index (κ3) is 1.09. The highest BCUT2D eigenvalue weighted by atomic mass is 32.2. The van der Waals surface area contributed by atoms with Crippen LogP contribution in [-0.2, 0) is 0 Å². The van der Waals surface area contributed by atoms with E-state index in [1.54, 1.807) is 0 Å². The van der Waals surface area contributed by atoms with Crippen LogP contribution in [-0.4, -0.2) is 11.0 Å². The summed E-state index contributed by atoms with van der Waals surface area (Å²) in [5.41, 5.74) is 0.669. The minimum atomic E-state index is 0.669. The summed E-state index contributed by atoms with van der Waals surface area (Å²) in [4.78, 5) is 0. The molecular weight excluding hydrogens is 140 g/mol. The van der Waals surface area contributed by atoms with Crippen molar-refractivity contribution in [2.24, 2.45) is 11.3 Å². The zero-order valence-corrected chi connectivity index (χ0v) is 7.71. The van der Waals surface area contributed by atoms with Crippen LogP contribution in [0.3, 0.4) is 0 Å². The Hall–Kier alpha value is 0.350. The fourth-order valence-corrected chi connectivity index (χ4v) is 4.30. The van der Waals surface area contributed by atoms with Crippen LogP contribution in [0.15, 0.2) is 0 Å². The van der Waals surface area contributed by atoms with Crippen LogP contribution in [0, 0.1) is 11.3 Å². The molecule has 0 aromatic heterocycles. The van der Waals surface area contributed by atoms with E-state index < -0.39 is 0 Å². The summed E-state index contributed by atoms with van der Waals surface area (Å²) in [6.45, 7) is 4.84. The molecule has 0 aromatic rings. The van der Waals surface area contributed by atoms with Crippen molar-refractivity contribution < 1.29 is 0 Å². The van der Waals surface area contributed by atoms with Gasteiger partial charge in [-0.1, -0.05) is 13.8 Å². The highest BCUT2D eigenvalue weighted by molar-refractivity contribution is 8.00. The molecule has 2 rings (SSSR count). The molecule has 1 aliphatic carbocycles. The van der Waals surface area contributed by atoms with Gasteiger partial charge in [0.05, 0.1) is 0 Å². The van der Waals surface area contributed by atoms with Crippen molar-refractivity contribution in [2.75, 3.05) is 5.75 Å². The number of rotatable bonds is 0. The lowest BCUT2D eigenvalue weighted by Gasteiger charge is -2.17. The minimum Gasteiger partial charge on any atom is -0.158 e. The maximum absolute atomic E-state index is 2.42. The number of thioether (sulfide) groups is 1. The van der Waals surface area contributed by atoms with E-state index in [1.807, 2.05) is 0 Å². The van der Waals surface area contributed by atoms with E-state index >= 15 is 0 Å². The first-order valence-electron chi connectivity index (χ1n) is 4.29. The van der Waals surface area contributed by atoms with Crippen molar-refractivity contribution in [1.29, 1.82) is 0 Å². The van der Waals surface area contributed by atoms with Crippen LogP contribution in [0.5, 0.6) is 0 Å². The van der Waals surface area contributed by atoms with Gasteiger partial charge in [0.2, 0.25) is 0 Å². The summed E-state index contributed by atoms with van der Waals surface area (Å²) in [7, 11) is 0. The molecule has 1 saturated carbocycles. The summed E-state index contributed by atoms with van der Waals surface area (Å²) >= 11 is 2.22. The molecule has 0 radical (unpaired) electrons. The lowest BCUT2D eigenvalue weighted by atomic mass is 9.90. The monoisotopic (exact) mass is 156 g/mol. The Kier molecular flexibility index (Phi) is 1.52. The van der Waals surface area contributed by atoms with Crippen LogP contribution >= 0.6 is 11.8 Å². The summed E-state index contributed by atoms with van der Waals surface area (Å²) in [5.74, 6) is 2.52. The molecule has 0 bridgehead atoms. The van der Waals surface area contributed by atoms with Gasteiger partial charge in [-0.3, -0.25) is 0 Å². The van der Waals surface area contributed by atoms with Gasteiger partial charge in [0.15, 0.2) is 0 Å². The zero-order chi connectivity index (χ0) is 7.19. The van der Waals surface area contributed by atoms with Crippen LogP contribution in [0.4, 0.5) is 0 Å². The molecule has 0 amide bonds. The number of hydrogen-bond acceptors (Lipinski definition) is 1. The Morgan fingerprint density at radius 2 is 2.10 bits per heavy atom. The van der Waals surface area contributed by atoms with Gasteiger partial charge < -0.3 is 0 Å². The van der Waals surface area contributed by atoms with Gasteiger partial charge in [0, 0.05) is 5.25 Å². The van der Waals surface area contributed by atoms with Gasteiger partial charge in [-0.05, 0) is 36.3 Å². The van der Waals surface area contributed by atoms with Crippen molar-refractivity contribution >= 4 is 11.8 Å². The average Bonchev–Trinajstić information content (AvgIpc) is 2.20. The molecule has 0 spiro atoms. The summed E-state index contributed by atoms with van der Waals surface area (Å²) in [5, 5.41) is 1.04. The van der Waals surface area contributed by atoms with E-state index in [-0.39, 0.29) is 0 Å². The van der Waals surface area contributed by atoms with Gasteiger partial charge in [-0.25, -0.2) is 0 Å². The topological polar surface area (TPSA) is 0 Å². The van der Waals surface area contributed by atoms with Crippen molar-refractivity contribution in [2.45, 2.75) is 38.4 Å². The average molecular weight is 156 g/mol. The molecule has 58 valence electrons. The quantitative estimate of drug-likeness (QED) is 0.519. The molecule has 2 aliphatic rings. The molecule has 0 aromatic carbocycles. The van der Waals surface area contributed by atoms with Gasteiger partial charge in [-0.15, -0.1) is 0 Å². The van der Waals surface area contributed by atoms with E-state index in [0.717, 1.165) is 11.2 Å². The zero-order valence-electron chi connectivity index (χ0n) is 6.89. The lowest BCUT2D eigenvalue weighted by molar-refractivity contribution is 0.358. The Bertz CT molecular complexity index is 126. The van der Waals surface area contributed by atoms with Crippen LogP contribution in [0.1, 0.15) is 33.1 Å². The molecule has 1 saturated heterocycles. The van der Waals surface area contributed by atoms with Crippen LogP contribution in [0.25, 0.3) is 0 Å². The van der Waals surface area contributed by atoms with Crippen LogP contribution in [0.2, 0.25) is 0 Å².